The van der Waals surface area contributed by atoms with E-state index >= 15 is 0 Å². The Bertz CT molecular complexity index is 260. The fourth-order valence-electron chi connectivity index (χ4n) is 1.81. The molecule has 0 heterocycles. The Morgan fingerprint density at radius 3 is 2.40 bits per heavy atom. The van der Waals surface area contributed by atoms with Gasteiger partial charge in [0.25, 0.3) is 0 Å². The molecule has 2 heteroatoms. The van der Waals surface area contributed by atoms with Crippen LogP contribution in [0, 0.1) is 0 Å². The Morgan fingerprint density at radius 1 is 1.13 bits per heavy atom. The second kappa shape index (κ2) is 6.59. The number of benzene rings is 1. The zero-order chi connectivity index (χ0) is 11.1. The van der Waals surface area contributed by atoms with E-state index in [0.29, 0.717) is 12.1 Å². The van der Waals surface area contributed by atoms with Gasteiger partial charge in [-0.05, 0) is 25.8 Å². The van der Waals surface area contributed by atoms with Gasteiger partial charge in [-0.1, -0.05) is 30.3 Å². The third-order valence-corrected chi connectivity index (χ3v) is 2.37. The quantitative estimate of drug-likeness (QED) is 0.772. The molecule has 0 amide bonds. The molecule has 2 nitrogen and oxygen atoms in total. The number of hydrogen-bond donors (Lipinski definition) is 1. The lowest BCUT2D eigenvalue weighted by Crippen LogP contribution is -2.38. The molecule has 0 saturated carbocycles. The van der Waals surface area contributed by atoms with Gasteiger partial charge in [-0.3, -0.25) is 0 Å². The summed E-state index contributed by atoms with van der Waals surface area (Å²) in [5.41, 5.74) is 1.38. The first kappa shape index (κ1) is 12.2. The van der Waals surface area contributed by atoms with Crippen LogP contribution in [-0.2, 0) is 11.2 Å². The lowest BCUT2D eigenvalue weighted by molar-refractivity contribution is 0.167. The molecule has 0 aromatic heterocycles. The van der Waals surface area contributed by atoms with Crippen LogP contribution in [0.1, 0.15) is 19.4 Å². The third kappa shape index (κ3) is 4.96. The Kier molecular flexibility index (Phi) is 5.37. The highest BCUT2D eigenvalue weighted by Crippen LogP contribution is 2.03. The number of hydrogen-bond acceptors (Lipinski definition) is 2. The van der Waals surface area contributed by atoms with Crippen LogP contribution in [0.5, 0.6) is 0 Å². The molecule has 0 spiro atoms. The summed E-state index contributed by atoms with van der Waals surface area (Å²) in [4.78, 5) is 0. The van der Waals surface area contributed by atoms with Crippen LogP contribution >= 0.6 is 0 Å². The van der Waals surface area contributed by atoms with Gasteiger partial charge in [0.15, 0.2) is 0 Å². The minimum atomic E-state index is 0.411. The van der Waals surface area contributed by atoms with E-state index in [2.05, 4.69) is 49.5 Å². The first-order chi connectivity index (χ1) is 7.22. The van der Waals surface area contributed by atoms with Crippen molar-refractivity contribution in [3.8, 4) is 0 Å². The highest BCUT2D eigenvalue weighted by molar-refractivity contribution is 5.15. The monoisotopic (exact) mass is 207 g/mol. The normalized spacial score (nSPS) is 14.9. The summed E-state index contributed by atoms with van der Waals surface area (Å²) >= 11 is 0. The first-order valence-corrected chi connectivity index (χ1v) is 5.51. The van der Waals surface area contributed by atoms with Crippen LogP contribution in [0.3, 0.4) is 0 Å². The van der Waals surface area contributed by atoms with Gasteiger partial charge in [0, 0.05) is 19.2 Å². The summed E-state index contributed by atoms with van der Waals surface area (Å²) in [5.74, 6) is 0. The highest BCUT2D eigenvalue weighted by atomic mass is 16.5. The maximum Gasteiger partial charge on any atom is 0.0613 e. The molecule has 2 atom stereocenters. The van der Waals surface area contributed by atoms with Crippen molar-refractivity contribution in [1.82, 2.24) is 5.32 Å². The van der Waals surface area contributed by atoms with Gasteiger partial charge < -0.3 is 10.1 Å². The van der Waals surface area contributed by atoms with Gasteiger partial charge >= 0.3 is 0 Å². The predicted molar refractivity (Wildman–Crippen MR) is 64.1 cm³/mol. The molecule has 0 fully saturated rings. The summed E-state index contributed by atoms with van der Waals surface area (Å²) in [5, 5.41) is 3.50. The van der Waals surface area contributed by atoms with Gasteiger partial charge in [0.05, 0.1) is 6.61 Å². The fourth-order valence-corrected chi connectivity index (χ4v) is 1.81. The molecule has 1 rings (SSSR count). The number of nitrogens with one attached hydrogen (secondary N) is 1. The molecule has 15 heavy (non-hydrogen) atoms. The Balaban J connectivity index is 2.33. The van der Waals surface area contributed by atoms with Gasteiger partial charge in [0.1, 0.15) is 0 Å². The van der Waals surface area contributed by atoms with Crippen molar-refractivity contribution in [2.45, 2.75) is 32.4 Å². The average molecular weight is 207 g/mol. The minimum Gasteiger partial charge on any atom is -0.383 e. The summed E-state index contributed by atoms with van der Waals surface area (Å²) < 4.78 is 5.09. The zero-order valence-corrected chi connectivity index (χ0v) is 9.86. The molecular weight excluding hydrogens is 186 g/mol. The van der Waals surface area contributed by atoms with Crippen molar-refractivity contribution >= 4 is 0 Å². The van der Waals surface area contributed by atoms with Crippen molar-refractivity contribution in [1.29, 1.82) is 0 Å². The maximum atomic E-state index is 5.09. The smallest absolute Gasteiger partial charge is 0.0613 e. The third-order valence-electron chi connectivity index (χ3n) is 2.37. The molecular formula is C13H21NO. The second-order valence-electron chi connectivity index (χ2n) is 4.11. The summed E-state index contributed by atoms with van der Waals surface area (Å²) in [6.07, 6.45) is 1.06. The largest absolute Gasteiger partial charge is 0.383 e. The molecule has 2 unspecified atom stereocenters. The van der Waals surface area contributed by atoms with Crippen LogP contribution in [0.2, 0.25) is 0 Å². The molecule has 0 saturated heterocycles. The van der Waals surface area contributed by atoms with E-state index in [9.17, 15) is 0 Å². The predicted octanol–water partition coefficient (Wildman–Crippen LogP) is 2.24. The number of methoxy groups -OCH3 is 1. The molecule has 84 valence electrons. The van der Waals surface area contributed by atoms with E-state index in [1.165, 1.54) is 5.56 Å². The number of rotatable bonds is 6. The SMILES string of the molecule is COCC(C)NC(C)Cc1ccccc1. The molecule has 1 aromatic carbocycles. The second-order valence-corrected chi connectivity index (χ2v) is 4.11. The van der Waals surface area contributed by atoms with Gasteiger partial charge in [-0.25, -0.2) is 0 Å². The molecule has 0 aliphatic carbocycles. The van der Waals surface area contributed by atoms with E-state index < -0.39 is 0 Å². The summed E-state index contributed by atoms with van der Waals surface area (Å²) in [6.45, 7) is 5.11. The van der Waals surface area contributed by atoms with E-state index in [1.807, 2.05) is 0 Å². The Labute approximate surface area is 92.6 Å². The Morgan fingerprint density at radius 2 is 1.80 bits per heavy atom. The van der Waals surface area contributed by atoms with Gasteiger partial charge in [-0.15, -0.1) is 0 Å². The van der Waals surface area contributed by atoms with E-state index in [-0.39, 0.29) is 0 Å². The molecule has 1 N–H and O–H groups in total. The van der Waals surface area contributed by atoms with Gasteiger partial charge in [-0.2, -0.15) is 0 Å². The fraction of sp³-hybridized carbons (Fsp3) is 0.538. The van der Waals surface area contributed by atoms with Gasteiger partial charge in [0.2, 0.25) is 0 Å². The Hall–Kier alpha value is -0.860. The van der Waals surface area contributed by atoms with Crippen molar-refractivity contribution in [3.05, 3.63) is 35.9 Å². The van der Waals surface area contributed by atoms with Crippen molar-refractivity contribution in [2.24, 2.45) is 0 Å². The molecule has 0 aliphatic rings. The van der Waals surface area contributed by atoms with Crippen molar-refractivity contribution in [2.75, 3.05) is 13.7 Å². The van der Waals surface area contributed by atoms with Crippen molar-refractivity contribution < 1.29 is 4.74 Å². The maximum absolute atomic E-state index is 5.09. The lowest BCUT2D eigenvalue weighted by Gasteiger charge is -2.19. The van der Waals surface area contributed by atoms with Crippen LogP contribution in [0.15, 0.2) is 30.3 Å². The summed E-state index contributed by atoms with van der Waals surface area (Å²) in [6, 6.07) is 11.4. The minimum absolute atomic E-state index is 0.411. The summed E-state index contributed by atoms with van der Waals surface area (Å²) in [7, 11) is 1.74. The van der Waals surface area contributed by atoms with Crippen LogP contribution < -0.4 is 5.32 Å². The van der Waals surface area contributed by atoms with E-state index in [4.69, 9.17) is 4.74 Å². The molecule has 0 bridgehead atoms. The van der Waals surface area contributed by atoms with Crippen LogP contribution in [-0.4, -0.2) is 25.8 Å². The van der Waals surface area contributed by atoms with Crippen LogP contribution in [0.25, 0.3) is 0 Å². The zero-order valence-electron chi connectivity index (χ0n) is 9.86. The lowest BCUT2D eigenvalue weighted by atomic mass is 10.1. The number of ether oxygens (including phenoxy) is 1. The molecule has 1 aromatic rings. The van der Waals surface area contributed by atoms with E-state index in [0.717, 1.165) is 13.0 Å². The first-order valence-electron chi connectivity index (χ1n) is 5.51. The average Bonchev–Trinajstić information content (AvgIpc) is 2.19. The topological polar surface area (TPSA) is 21.3 Å². The highest BCUT2D eigenvalue weighted by Gasteiger charge is 2.07. The van der Waals surface area contributed by atoms with E-state index in [1.54, 1.807) is 7.11 Å². The van der Waals surface area contributed by atoms with Crippen molar-refractivity contribution in [3.63, 3.8) is 0 Å². The molecule has 0 aliphatic heterocycles. The van der Waals surface area contributed by atoms with Crippen LogP contribution in [0.4, 0.5) is 0 Å². The standard InChI is InChI=1S/C13H21NO/c1-11(14-12(2)10-15-3)9-13-7-5-4-6-8-13/h4-8,11-12,14H,9-10H2,1-3H3. The molecule has 0 radical (unpaired) electrons.